The maximum absolute atomic E-state index is 12.1. The SMILES string of the molecule is COC1(CNC(=O)N2CCN(CC(=O)O)CC2)CCC1. The van der Waals surface area contributed by atoms with Crippen molar-refractivity contribution in [3.8, 4) is 0 Å². The largest absolute Gasteiger partial charge is 0.480 e. The molecule has 20 heavy (non-hydrogen) atoms. The van der Waals surface area contributed by atoms with Crippen LogP contribution in [0.15, 0.2) is 0 Å². The van der Waals surface area contributed by atoms with E-state index in [1.807, 2.05) is 4.90 Å². The third kappa shape index (κ3) is 3.61. The van der Waals surface area contributed by atoms with Crippen molar-refractivity contribution in [3.63, 3.8) is 0 Å². The van der Waals surface area contributed by atoms with E-state index in [0.717, 1.165) is 19.3 Å². The van der Waals surface area contributed by atoms with Crippen LogP contribution in [0.2, 0.25) is 0 Å². The summed E-state index contributed by atoms with van der Waals surface area (Å²) >= 11 is 0. The Hall–Kier alpha value is -1.34. The highest BCUT2D eigenvalue weighted by atomic mass is 16.5. The minimum absolute atomic E-state index is 0.0439. The molecule has 7 nitrogen and oxygen atoms in total. The molecule has 1 aliphatic heterocycles. The highest BCUT2D eigenvalue weighted by Gasteiger charge is 2.37. The molecule has 0 aromatic heterocycles. The number of urea groups is 1. The van der Waals surface area contributed by atoms with Gasteiger partial charge in [-0.25, -0.2) is 4.79 Å². The molecule has 2 N–H and O–H groups in total. The third-order valence-corrected chi connectivity index (χ3v) is 4.28. The van der Waals surface area contributed by atoms with Crippen LogP contribution in [-0.4, -0.2) is 78.9 Å². The summed E-state index contributed by atoms with van der Waals surface area (Å²) in [5.74, 6) is -0.824. The van der Waals surface area contributed by atoms with Gasteiger partial charge in [0.1, 0.15) is 0 Å². The summed E-state index contributed by atoms with van der Waals surface area (Å²) in [5, 5.41) is 11.7. The summed E-state index contributed by atoms with van der Waals surface area (Å²) in [4.78, 5) is 26.3. The van der Waals surface area contributed by atoms with E-state index in [0.29, 0.717) is 32.7 Å². The number of amides is 2. The van der Waals surface area contributed by atoms with Gasteiger partial charge in [0, 0.05) is 39.8 Å². The second kappa shape index (κ2) is 6.41. The van der Waals surface area contributed by atoms with Gasteiger partial charge in [-0.3, -0.25) is 9.69 Å². The number of carbonyl (C=O) groups is 2. The van der Waals surface area contributed by atoms with Gasteiger partial charge in [0.05, 0.1) is 12.1 Å². The predicted molar refractivity (Wildman–Crippen MR) is 72.6 cm³/mol. The van der Waals surface area contributed by atoms with E-state index in [1.165, 1.54) is 0 Å². The van der Waals surface area contributed by atoms with Crippen LogP contribution in [0.3, 0.4) is 0 Å². The fourth-order valence-electron chi connectivity index (χ4n) is 2.67. The van der Waals surface area contributed by atoms with Gasteiger partial charge in [-0.1, -0.05) is 0 Å². The first kappa shape index (κ1) is 15.1. The third-order valence-electron chi connectivity index (χ3n) is 4.28. The van der Waals surface area contributed by atoms with Gasteiger partial charge in [-0.05, 0) is 19.3 Å². The predicted octanol–water partition coefficient (Wildman–Crippen LogP) is -0.0327. The molecule has 0 unspecified atom stereocenters. The molecular weight excluding hydrogens is 262 g/mol. The number of hydrogen-bond donors (Lipinski definition) is 2. The molecule has 2 aliphatic rings. The van der Waals surface area contributed by atoms with Crippen molar-refractivity contribution in [1.82, 2.24) is 15.1 Å². The Labute approximate surface area is 118 Å². The zero-order valence-electron chi connectivity index (χ0n) is 11.9. The van der Waals surface area contributed by atoms with Gasteiger partial charge in [0.25, 0.3) is 0 Å². The van der Waals surface area contributed by atoms with Crippen molar-refractivity contribution in [3.05, 3.63) is 0 Å². The number of piperazine rings is 1. The van der Waals surface area contributed by atoms with Gasteiger partial charge in [0.2, 0.25) is 0 Å². The zero-order valence-corrected chi connectivity index (χ0v) is 11.9. The second-order valence-electron chi connectivity index (χ2n) is 5.56. The number of nitrogens with one attached hydrogen (secondary N) is 1. The molecule has 2 rings (SSSR count). The van der Waals surface area contributed by atoms with Gasteiger partial charge in [-0.15, -0.1) is 0 Å². The fraction of sp³-hybridized carbons (Fsp3) is 0.846. The van der Waals surface area contributed by atoms with Crippen LogP contribution in [0.1, 0.15) is 19.3 Å². The van der Waals surface area contributed by atoms with Crippen LogP contribution in [0, 0.1) is 0 Å². The summed E-state index contributed by atoms with van der Waals surface area (Å²) in [6.45, 7) is 2.95. The average Bonchev–Trinajstić information content (AvgIpc) is 2.38. The Morgan fingerprint density at radius 1 is 1.25 bits per heavy atom. The number of carboxylic acids is 1. The van der Waals surface area contributed by atoms with Gasteiger partial charge in [-0.2, -0.15) is 0 Å². The Kier molecular flexibility index (Phi) is 4.82. The molecule has 0 aromatic rings. The molecule has 1 heterocycles. The smallest absolute Gasteiger partial charge is 0.317 e. The first-order valence-corrected chi connectivity index (χ1v) is 7.07. The topological polar surface area (TPSA) is 82.1 Å². The Balaban J connectivity index is 1.70. The lowest BCUT2D eigenvalue weighted by Crippen LogP contribution is -2.56. The molecule has 1 aliphatic carbocycles. The molecule has 0 radical (unpaired) electrons. The Morgan fingerprint density at radius 3 is 2.35 bits per heavy atom. The van der Waals surface area contributed by atoms with E-state index in [2.05, 4.69) is 5.32 Å². The molecule has 0 bridgehead atoms. The lowest BCUT2D eigenvalue weighted by molar-refractivity contribution is -0.138. The molecule has 0 aromatic carbocycles. The van der Waals surface area contributed by atoms with Crippen LogP contribution in [0.25, 0.3) is 0 Å². The number of ether oxygens (including phenoxy) is 1. The number of carbonyl (C=O) groups excluding carboxylic acids is 1. The lowest BCUT2D eigenvalue weighted by atomic mass is 9.80. The van der Waals surface area contributed by atoms with Crippen LogP contribution in [-0.2, 0) is 9.53 Å². The molecule has 7 heteroatoms. The molecule has 1 saturated heterocycles. The fourth-order valence-corrected chi connectivity index (χ4v) is 2.67. The molecule has 2 amide bonds. The summed E-state index contributed by atoms with van der Waals surface area (Å²) < 4.78 is 5.47. The summed E-state index contributed by atoms with van der Waals surface area (Å²) in [5.41, 5.74) is -0.166. The molecule has 0 spiro atoms. The van der Waals surface area contributed by atoms with Crippen molar-refractivity contribution >= 4 is 12.0 Å². The van der Waals surface area contributed by atoms with Crippen LogP contribution in [0.4, 0.5) is 4.79 Å². The molecule has 2 fully saturated rings. The summed E-state index contributed by atoms with van der Waals surface area (Å²) in [6, 6.07) is -0.0803. The number of hydrogen-bond acceptors (Lipinski definition) is 4. The van der Waals surface area contributed by atoms with Gasteiger partial charge >= 0.3 is 12.0 Å². The Morgan fingerprint density at radius 2 is 1.90 bits per heavy atom. The zero-order chi connectivity index (χ0) is 14.6. The second-order valence-corrected chi connectivity index (χ2v) is 5.56. The first-order chi connectivity index (χ1) is 9.54. The molecule has 0 atom stereocenters. The van der Waals surface area contributed by atoms with Crippen LogP contribution in [0.5, 0.6) is 0 Å². The summed E-state index contributed by atoms with van der Waals surface area (Å²) in [7, 11) is 1.69. The van der Waals surface area contributed by atoms with Gasteiger partial charge < -0.3 is 20.1 Å². The number of methoxy groups -OCH3 is 1. The van der Waals surface area contributed by atoms with E-state index in [-0.39, 0.29) is 18.2 Å². The highest BCUT2D eigenvalue weighted by molar-refractivity contribution is 5.74. The van der Waals surface area contributed by atoms with Crippen molar-refractivity contribution < 1.29 is 19.4 Å². The highest BCUT2D eigenvalue weighted by Crippen LogP contribution is 2.34. The first-order valence-electron chi connectivity index (χ1n) is 7.07. The number of aliphatic carboxylic acids is 1. The van der Waals surface area contributed by atoms with E-state index in [1.54, 1.807) is 12.0 Å². The van der Waals surface area contributed by atoms with E-state index in [4.69, 9.17) is 9.84 Å². The number of rotatable bonds is 5. The van der Waals surface area contributed by atoms with Crippen molar-refractivity contribution in [1.29, 1.82) is 0 Å². The monoisotopic (exact) mass is 285 g/mol. The van der Waals surface area contributed by atoms with Crippen molar-refractivity contribution in [2.75, 3.05) is 46.4 Å². The van der Waals surface area contributed by atoms with Crippen molar-refractivity contribution in [2.24, 2.45) is 0 Å². The molecular formula is C13H23N3O4. The normalized spacial score (nSPS) is 22.1. The van der Waals surface area contributed by atoms with Crippen LogP contribution < -0.4 is 5.32 Å². The maximum Gasteiger partial charge on any atom is 0.317 e. The minimum atomic E-state index is -0.824. The quantitative estimate of drug-likeness (QED) is 0.741. The summed E-state index contributed by atoms with van der Waals surface area (Å²) in [6.07, 6.45) is 3.14. The van der Waals surface area contributed by atoms with Gasteiger partial charge in [0.15, 0.2) is 0 Å². The van der Waals surface area contributed by atoms with E-state index >= 15 is 0 Å². The Bertz CT molecular complexity index is 357. The van der Waals surface area contributed by atoms with E-state index in [9.17, 15) is 9.59 Å². The standard InChI is InChI=1S/C13H23N3O4/c1-20-13(3-2-4-13)10-14-12(19)16-7-5-15(6-8-16)9-11(17)18/h2-10H2,1H3,(H,14,19)(H,17,18). The number of nitrogens with zero attached hydrogens (tertiary/aromatic N) is 2. The minimum Gasteiger partial charge on any atom is -0.480 e. The van der Waals surface area contributed by atoms with Crippen LogP contribution >= 0.6 is 0 Å². The van der Waals surface area contributed by atoms with E-state index < -0.39 is 5.97 Å². The molecule has 114 valence electrons. The van der Waals surface area contributed by atoms with Crippen molar-refractivity contribution in [2.45, 2.75) is 24.9 Å². The number of carboxylic acid groups (broad SMARTS) is 1. The molecule has 1 saturated carbocycles. The lowest BCUT2D eigenvalue weighted by Gasteiger charge is -2.41. The average molecular weight is 285 g/mol. The maximum atomic E-state index is 12.1.